The molecule has 0 unspecified atom stereocenters. The van der Waals surface area contributed by atoms with Gasteiger partial charge >= 0.3 is 0 Å². The van der Waals surface area contributed by atoms with E-state index >= 15 is 0 Å². The van der Waals surface area contributed by atoms with E-state index in [1.54, 1.807) is 11.3 Å². The molecular formula is C9H11N3S. The average Bonchev–Trinajstić information content (AvgIpc) is 2.71. The number of nitrogens with two attached hydrogens (primary N) is 1. The highest BCUT2D eigenvalue weighted by Crippen LogP contribution is 2.26. The van der Waals surface area contributed by atoms with Crippen LogP contribution in [0.1, 0.15) is 10.6 Å². The van der Waals surface area contributed by atoms with E-state index in [9.17, 15) is 0 Å². The van der Waals surface area contributed by atoms with E-state index in [0.29, 0.717) is 6.54 Å². The molecule has 68 valence electrons. The molecule has 0 amide bonds. The Morgan fingerprint density at radius 1 is 1.54 bits per heavy atom. The van der Waals surface area contributed by atoms with Crippen LogP contribution in [0.15, 0.2) is 18.2 Å². The Hall–Kier alpha value is -1.13. The Balaban J connectivity index is 2.35. The Bertz CT molecular complexity index is 402. The Kier molecular flexibility index (Phi) is 2.16. The van der Waals surface area contributed by atoms with Crippen LogP contribution in [0, 0.1) is 6.92 Å². The van der Waals surface area contributed by atoms with Crippen LogP contribution in [0.4, 0.5) is 0 Å². The second-order valence-corrected chi connectivity index (χ2v) is 4.18. The monoisotopic (exact) mass is 193 g/mol. The van der Waals surface area contributed by atoms with Gasteiger partial charge in [0.05, 0.1) is 4.88 Å². The minimum Gasteiger partial charge on any atom is -0.325 e. The van der Waals surface area contributed by atoms with Gasteiger partial charge in [0.25, 0.3) is 0 Å². The van der Waals surface area contributed by atoms with Crippen molar-refractivity contribution in [1.82, 2.24) is 10.2 Å². The molecule has 4 heteroatoms. The maximum atomic E-state index is 5.48. The van der Waals surface area contributed by atoms with Crippen LogP contribution in [-0.2, 0) is 6.54 Å². The summed E-state index contributed by atoms with van der Waals surface area (Å²) < 4.78 is 0. The second-order valence-electron chi connectivity index (χ2n) is 2.89. The van der Waals surface area contributed by atoms with Gasteiger partial charge in [-0.2, -0.15) is 5.10 Å². The smallest absolute Gasteiger partial charge is 0.102 e. The molecule has 2 aromatic heterocycles. The van der Waals surface area contributed by atoms with E-state index in [1.807, 2.05) is 6.07 Å². The predicted molar refractivity (Wildman–Crippen MR) is 54.5 cm³/mol. The van der Waals surface area contributed by atoms with Gasteiger partial charge < -0.3 is 5.73 Å². The van der Waals surface area contributed by atoms with E-state index in [2.05, 4.69) is 29.3 Å². The van der Waals surface area contributed by atoms with Crippen molar-refractivity contribution < 1.29 is 0 Å². The highest BCUT2D eigenvalue weighted by molar-refractivity contribution is 7.15. The molecular weight excluding hydrogens is 182 g/mol. The van der Waals surface area contributed by atoms with Crippen molar-refractivity contribution in [3.63, 3.8) is 0 Å². The summed E-state index contributed by atoms with van der Waals surface area (Å²) in [5, 5.41) is 7.07. The molecule has 3 N–H and O–H groups in total. The number of aromatic amines is 1. The molecule has 0 saturated heterocycles. The second kappa shape index (κ2) is 3.32. The first-order valence-electron chi connectivity index (χ1n) is 4.11. The van der Waals surface area contributed by atoms with Crippen molar-refractivity contribution in [3.05, 3.63) is 28.8 Å². The first-order chi connectivity index (χ1) is 6.29. The maximum Gasteiger partial charge on any atom is 0.102 e. The van der Waals surface area contributed by atoms with Crippen molar-refractivity contribution in [3.8, 4) is 10.6 Å². The van der Waals surface area contributed by atoms with Gasteiger partial charge in [0.2, 0.25) is 0 Å². The van der Waals surface area contributed by atoms with Gasteiger partial charge in [0, 0.05) is 17.1 Å². The van der Waals surface area contributed by atoms with Gasteiger partial charge in [-0.25, -0.2) is 0 Å². The number of hydrogen-bond acceptors (Lipinski definition) is 3. The molecule has 0 fully saturated rings. The summed E-state index contributed by atoms with van der Waals surface area (Å²) in [5.74, 6) is 0. The third-order valence-corrected chi connectivity index (χ3v) is 2.87. The number of aryl methyl sites for hydroxylation is 1. The lowest BCUT2D eigenvalue weighted by atomic mass is 10.3. The highest BCUT2D eigenvalue weighted by atomic mass is 32.1. The van der Waals surface area contributed by atoms with E-state index in [0.717, 1.165) is 11.4 Å². The third kappa shape index (κ3) is 1.64. The molecule has 0 aliphatic rings. The first-order valence-corrected chi connectivity index (χ1v) is 4.92. The molecule has 0 aliphatic carbocycles. The van der Waals surface area contributed by atoms with Crippen LogP contribution in [0.5, 0.6) is 0 Å². The number of hydrogen-bond donors (Lipinski definition) is 2. The van der Waals surface area contributed by atoms with Gasteiger partial charge in [-0.3, -0.25) is 5.10 Å². The topological polar surface area (TPSA) is 54.7 Å². The number of thiophene rings is 1. The quantitative estimate of drug-likeness (QED) is 0.765. The lowest BCUT2D eigenvalue weighted by Crippen LogP contribution is -1.95. The number of H-pyrrole nitrogens is 1. The summed E-state index contributed by atoms with van der Waals surface area (Å²) in [6, 6.07) is 6.17. The van der Waals surface area contributed by atoms with Crippen molar-refractivity contribution in [2.24, 2.45) is 5.73 Å². The van der Waals surface area contributed by atoms with Crippen molar-refractivity contribution in [1.29, 1.82) is 0 Å². The van der Waals surface area contributed by atoms with E-state index in [1.165, 1.54) is 9.75 Å². The van der Waals surface area contributed by atoms with E-state index < -0.39 is 0 Å². The van der Waals surface area contributed by atoms with Gasteiger partial charge in [-0.05, 0) is 25.1 Å². The molecule has 0 bridgehead atoms. The molecule has 3 nitrogen and oxygen atoms in total. The normalized spacial score (nSPS) is 10.6. The lowest BCUT2D eigenvalue weighted by molar-refractivity contribution is 0.949. The number of rotatable bonds is 2. The number of nitrogens with zero attached hydrogens (tertiary/aromatic N) is 1. The van der Waals surface area contributed by atoms with E-state index in [-0.39, 0.29) is 0 Å². The standard InChI is InChI=1S/C9H11N3S/c1-6-2-3-9(13-6)8-4-7(5-10)11-12-8/h2-4H,5,10H2,1H3,(H,11,12). The summed E-state index contributed by atoms with van der Waals surface area (Å²) in [6.45, 7) is 2.60. The molecule has 13 heavy (non-hydrogen) atoms. The number of nitrogens with one attached hydrogen (secondary N) is 1. The fourth-order valence-electron chi connectivity index (χ4n) is 1.16. The Morgan fingerprint density at radius 3 is 2.92 bits per heavy atom. The summed E-state index contributed by atoms with van der Waals surface area (Å²) in [7, 11) is 0. The zero-order valence-electron chi connectivity index (χ0n) is 7.37. The first kappa shape index (κ1) is 8.47. The maximum absolute atomic E-state index is 5.48. The lowest BCUT2D eigenvalue weighted by Gasteiger charge is -1.85. The van der Waals surface area contributed by atoms with Crippen LogP contribution >= 0.6 is 11.3 Å². The zero-order chi connectivity index (χ0) is 9.26. The highest BCUT2D eigenvalue weighted by Gasteiger charge is 2.04. The molecule has 0 aliphatic heterocycles. The van der Waals surface area contributed by atoms with Gasteiger partial charge in [0.15, 0.2) is 0 Å². The molecule has 0 atom stereocenters. The Morgan fingerprint density at radius 2 is 2.38 bits per heavy atom. The summed E-state index contributed by atoms with van der Waals surface area (Å²) >= 11 is 1.74. The van der Waals surface area contributed by atoms with Gasteiger partial charge in [-0.1, -0.05) is 0 Å². The molecule has 0 saturated carbocycles. The molecule has 0 radical (unpaired) electrons. The molecule has 2 rings (SSSR count). The third-order valence-electron chi connectivity index (χ3n) is 1.84. The Labute approximate surface area is 80.6 Å². The SMILES string of the molecule is Cc1ccc(-c2cc(CN)[nH]n2)s1. The zero-order valence-corrected chi connectivity index (χ0v) is 8.19. The van der Waals surface area contributed by atoms with Crippen molar-refractivity contribution >= 4 is 11.3 Å². The summed E-state index contributed by atoms with van der Waals surface area (Å²) in [4.78, 5) is 2.49. The largest absolute Gasteiger partial charge is 0.325 e. The van der Waals surface area contributed by atoms with Crippen molar-refractivity contribution in [2.45, 2.75) is 13.5 Å². The van der Waals surface area contributed by atoms with Gasteiger partial charge in [0.1, 0.15) is 5.69 Å². The molecule has 0 aromatic carbocycles. The number of aromatic nitrogens is 2. The average molecular weight is 193 g/mol. The molecule has 2 aromatic rings. The van der Waals surface area contributed by atoms with Crippen LogP contribution in [0.2, 0.25) is 0 Å². The van der Waals surface area contributed by atoms with Crippen LogP contribution < -0.4 is 5.73 Å². The minimum atomic E-state index is 0.511. The van der Waals surface area contributed by atoms with Crippen LogP contribution in [-0.4, -0.2) is 10.2 Å². The van der Waals surface area contributed by atoms with Crippen LogP contribution in [0.25, 0.3) is 10.6 Å². The minimum absolute atomic E-state index is 0.511. The fraction of sp³-hybridized carbons (Fsp3) is 0.222. The fourth-order valence-corrected chi connectivity index (χ4v) is 1.99. The summed E-state index contributed by atoms with van der Waals surface area (Å²) in [5.41, 5.74) is 7.44. The molecule has 0 spiro atoms. The predicted octanol–water partition coefficient (Wildman–Crippen LogP) is 1.91. The van der Waals surface area contributed by atoms with Crippen LogP contribution in [0.3, 0.4) is 0 Å². The summed E-state index contributed by atoms with van der Waals surface area (Å²) in [6.07, 6.45) is 0. The van der Waals surface area contributed by atoms with Gasteiger partial charge in [-0.15, -0.1) is 11.3 Å². The van der Waals surface area contributed by atoms with E-state index in [4.69, 9.17) is 5.73 Å². The van der Waals surface area contributed by atoms with Crippen molar-refractivity contribution in [2.75, 3.05) is 0 Å². The molecule has 2 heterocycles.